The maximum atomic E-state index is 13.2. The summed E-state index contributed by atoms with van der Waals surface area (Å²) in [7, 11) is 0. The fourth-order valence-electron chi connectivity index (χ4n) is 4.20. The van der Waals surface area contributed by atoms with Crippen LogP contribution in [0.1, 0.15) is 53.2 Å². The summed E-state index contributed by atoms with van der Waals surface area (Å²) in [6.45, 7) is 5.48. The number of anilines is 1. The van der Waals surface area contributed by atoms with Crippen molar-refractivity contribution in [3.63, 3.8) is 0 Å². The molecule has 0 spiro atoms. The molecule has 0 saturated carbocycles. The van der Waals surface area contributed by atoms with E-state index in [9.17, 15) is 18.8 Å². The Morgan fingerprint density at radius 2 is 1.78 bits per heavy atom. The lowest BCUT2D eigenvalue weighted by Crippen LogP contribution is -2.44. The highest BCUT2D eigenvalue weighted by Gasteiger charge is 2.28. The van der Waals surface area contributed by atoms with E-state index in [1.165, 1.54) is 30.3 Å². The van der Waals surface area contributed by atoms with Gasteiger partial charge >= 0.3 is 0 Å². The molecule has 0 bridgehead atoms. The fourth-order valence-corrected chi connectivity index (χ4v) is 4.20. The van der Waals surface area contributed by atoms with Gasteiger partial charge in [0.15, 0.2) is 5.69 Å². The lowest BCUT2D eigenvalue weighted by atomic mass is 10.0. The maximum Gasteiger partial charge on any atom is 0.272 e. The molecule has 0 saturated heterocycles. The van der Waals surface area contributed by atoms with E-state index in [1.807, 2.05) is 44.2 Å². The summed E-state index contributed by atoms with van der Waals surface area (Å²) in [5.74, 6) is -1.40. The number of nitrogens with one attached hydrogen (secondary N) is 2. The van der Waals surface area contributed by atoms with Gasteiger partial charge in [0.05, 0.1) is 0 Å². The Labute approximate surface area is 209 Å². The van der Waals surface area contributed by atoms with Gasteiger partial charge in [0.1, 0.15) is 17.6 Å². The van der Waals surface area contributed by atoms with E-state index < -0.39 is 23.7 Å². The first kappa shape index (κ1) is 25.1. The molecule has 1 atom stereocenters. The number of benzene rings is 2. The molecule has 0 unspecified atom stereocenters. The lowest BCUT2D eigenvalue weighted by Gasteiger charge is -2.20. The van der Waals surface area contributed by atoms with Crippen LogP contribution in [-0.4, -0.2) is 45.0 Å². The number of carbonyl (C=O) groups excluding carboxylic acids is 3. The van der Waals surface area contributed by atoms with Crippen molar-refractivity contribution in [3.8, 4) is 0 Å². The third-order valence-electron chi connectivity index (χ3n) is 5.97. The van der Waals surface area contributed by atoms with E-state index in [-0.39, 0.29) is 17.5 Å². The number of amides is 3. The molecule has 0 radical (unpaired) electrons. The number of rotatable bonds is 8. The molecular weight excluding hydrogens is 461 g/mol. The number of fused-ring (bicyclic) bond motifs is 1. The second-order valence-electron chi connectivity index (χ2n) is 9.36. The minimum atomic E-state index is -0.825. The van der Waals surface area contributed by atoms with Crippen LogP contribution in [0.5, 0.6) is 0 Å². The largest absolute Gasteiger partial charge is 0.339 e. The van der Waals surface area contributed by atoms with Crippen molar-refractivity contribution in [2.75, 3.05) is 11.9 Å². The van der Waals surface area contributed by atoms with Crippen molar-refractivity contribution in [2.45, 2.75) is 45.8 Å². The number of hydrogen-bond acceptors (Lipinski definition) is 4. The number of aromatic nitrogens is 2. The topological polar surface area (TPSA) is 96.3 Å². The second-order valence-corrected chi connectivity index (χ2v) is 9.36. The summed E-state index contributed by atoms with van der Waals surface area (Å²) in [6, 6.07) is 15.8. The highest BCUT2D eigenvalue weighted by atomic mass is 19.1. The van der Waals surface area contributed by atoms with Gasteiger partial charge in [0, 0.05) is 31.4 Å². The Morgan fingerprint density at radius 1 is 1.06 bits per heavy atom. The minimum absolute atomic E-state index is 0.0863. The first-order valence-corrected chi connectivity index (χ1v) is 12.1. The minimum Gasteiger partial charge on any atom is -0.339 e. The van der Waals surface area contributed by atoms with Gasteiger partial charge in [-0.15, -0.1) is 0 Å². The van der Waals surface area contributed by atoms with Crippen LogP contribution in [-0.2, 0) is 17.9 Å². The van der Waals surface area contributed by atoms with Crippen LogP contribution in [0.4, 0.5) is 10.1 Å². The van der Waals surface area contributed by atoms with Crippen molar-refractivity contribution in [1.82, 2.24) is 20.0 Å². The number of halogens is 1. The van der Waals surface area contributed by atoms with Crippen molar-refractivity contribution in [2.24, 2.45) is 5.92 Å². The molecule has 8 nitrogen and oxygen atoms in total. The molecule has 4 rings (SSSR count). The number of aryl methyl sites for hydroxylation is 1. The van der Waals surface area contributed by atoms with Gasteiger partial charge in [-0.05, 0) is 48.6 Å². The van der Waals surface area contributed by atoms with Crippen molar-refractivity contribution < 1.29 is 18.8 Å². The van der Waals surface area contributed by atoms with E-state index in [1.54, 1.807) is 9.58 Å². The van der Waals surface area contributed by atoms with E-state index in [4.69, 9.17) is 0 Å². The highest BCUT2D eigenvalue weighted by Crippen LogP contribution is 2.18. The smallest absolute Gasteiger partial charge is 0.272 e. The van der Waals surface area contributed by atoms with Crippen molar-refractivity contribution in [3.05, 3.63) is 83.4 Å². The Bertz CT molecular complexity index is 1220. The Balaban J connectivity index is 1.48. The standard InChI is InChI=1S/C27H30FN5O3/c1-18(2)15-22(25(34)29-21-11-9-20(28)10-12-21)30-26(35)23-16-24-27(36)32(13-6-14-33(24)31-23)17-19-7-4-3-5-8-19/h3-5,7-12,16,18,22H,6,13-15,17H2,1-2H3,(H,29,34)(H,30,35)/t22-/m0/s1. The van der Waals surface area contributed by atoms with Crippen LogP contribution in [0.15, 0.2) is 60.7 Å². The summed E-state index contributed by atoms with van der Waals surface area (Å²) in [6.07, 6.45) is 1.11. The zero-order valence-electron chi connectivity index (χ0n) is 20.4. The van der Waals surface area contributed by atoms with Gasteiger partial charge < -0.3 is 15.5 Å². The zero-order chi connectivity index (χ0) is 25.7. The van der Waals surface area contributed by atoms with E-state index in [0.29, 0.717) is 43.9 Å². The van der Waals surface area contributed by atoms with E-state index in [0.717, 1.165) is 5.56 Å². The average Bonchev–Trinajstić information content (AvgIpc) is 3.23. The van der Waals surface area contributed by atoms with Gasteiger partial charge in [-0.25, -0.2) is 4.39 Å². The van der Waals surface area contributed by atoms with Crippen LogP contribution in [0.3, 0.4) is 0 Å². The summed E-state index contributed by atoms with van der Waals surface area (Å²) < 4.78 is 14.8. The van der Waals surface area contributed by atoms with Crippen LogP contribution < -0.4 is 10.6 Å². The average molecular weight is 492 g/mol. The normalized spacial score (nSPS) is 14.2. The SMILES string of the molecule is CC(C)C[C@H](NC(=O)c1cc2n(n1)CCCN(Cc1ccccc1)C2=O)C(=O)Nc1ccc(F)cc1. The van der Waals surface area contributed by atoms with Gasteiger partial charge in [-0.1, -0.05) is 44.2 Å². The predicted molar refractivity (Wildman–Crippen MR) is 134 cm³/mol. The van der Waals surface area contributed by atoms with Crippen molar-refractivity contribution >= 4 is 23.4 Å². The number of carbonyl (C=O) groups is 3. The molecule has 1 aliphatic heterocycles. The van der Waals surface area contributed by atoms with E-state index >= 15 is 0 Å². The molecule has 2 N–H and O–H groups in total. The quantitative estimate of drug-likeness (QED) is 0.500. The predicted octanol–water partition coefficient (Wildman–Crippen LogP) is 3.85. The molecule has 3 amide bonds. The van der Waals surface area contributed by atoms with Crippen molar-refractivity contribution in [1.29, 1.82) is 0 Å². The first-order valence-electron chi connectivity index (χ1n) is 12.1. The molecule has 188 valence electrons. The van der Waals surface area contributed by atoms with Gasteiger partial charge in [-0.3, -0.25) is 19.1 Å². The third kappa shape index (κ3) is 6.16. The maximum absolute atomic E-state index is 13.2. The first-order chi connectivity index (χ1) is 17.3. The monoisotopic (exact) mass is 491 g/mol. The molecule has 3 aromatic rings. The van der Waals surface area contributed by atoms with Crippen LogP contribution in [0, 0.1) is 11.7 Å². The second kappa shape index (κ2) is 11.2. The molecular formula is C27H30FN5O3. The van der Waals surface area contributed by atoms with Gasteiger partial charge in [-0.2, -0.15) is 5.10 Å². The lowest BCUT2D eigenvalue weighted by molar-refractivity contribution is -0.118. The molecule has 2 aromatic carbocycles. The summed E-state index contributed by atoms with van der Waals surface area (Å²) >= 11 is 0. The molecule has 2 heterocycles. The summed E-state index contributed by atoms with van der Waals surface area (Å²) in [4.78, 5) is 41.0. The van der Waals surface area contributed by atoms with Crippen LogP contribution >= 0.6 is 0 Å². The number of nitrogens with zero attached hydrogens (tertiary/aromatic N) is 3. The fraction of sp³-hybridized carbons (Fsp3) is 0.333. The van der Waals surface area contributed by atoms with Gasteiger partial charge in [0.25, 0.3) is 11.8 Å². The van der Waals surface area contributed by atoms with Crippen LogP contribution in [0.2, 0.25) is 0 Å². The molecule has 1 aromatic heterocycles. The molecule has 36 heavy (non-hydrogen) atoms. The summed E-state index contributed by atoms with van der Waals surface area (Å²) in [5, 5.41) is 9.85. The molecule has 0 fully saturated rings. The zero-order valence-corrected chi connectivity index (χ0v) is 20.4. The Morgan fingerprint density at radius 3 is 2.47 bits per heavy atom. The molecule has 0 aliphatic carbocycles. The number of hydrogen-bond donors (Lipinski definition) is 2. The van der Waals surface area contributed by atoms with Crippen LogP contribution in [0.25, 0.3) is 0 Å². The van der Waals surface area contributed by atoms with Gasteiger partial charge in [0.2, 0.25) is 5.91 Å². The molecule has 1 aliphatic rings. The summed E-state index contributed by atoms with van der Waals surface area (Å²) in [5.41, 5.74) is 1.90. The Kier molecular flexibility index (Phi) is 7.77. The molecule has 9 heteroatoms. The third-order valence-corrected chi connectivity index (χ3v) is 5.97. The van der Waals surface area contributed by atoms with E-state index in [2.05, 4.69) is 15.7 Å². The Hall–Kier alpha value is -4.01. The highest BCUT2D eigenvalue weighted by molar-refractivity contribution is 6.02.